The van der Waals surface area contributed by atoms with E-state index in [1.54, 1.807) is 12.3 Å². The van der Waals surface area contributed by atoms with E-state index in [1.165, 1.54) is 0 Å². The van der Waals surface area contributed by atoms with Crippen LogP contribution in [0.15, 0.2) is 174 Å². The van der Waals surface area contributed by atoms with Gasteiger partial charge < -0.3 is 14.0 Å². The minimum absolute atomic E-state index is 0. The molecule has 3 heterocycles. The van der Waals surface area contributed by atoms with Crippen molar-refractivity contribution < 1.29 is 27.3 Å². The van der Waals surface area contributed by atoms with Crippen molar-refractivity contribution in [3.63, 3.8) is 0 Å². The number of pyridine rings is 1. The molecule has 0 saturated heterocycles. The van der Waals surface area contributed by atoms with Gasteiger partial charge in [0.1, 0.15) is 0 Å². The second kappa shape index (κ2) is 16.2. The maximum absolute atomic E-state index is 8.60. The van der Waals surface area contributed by atoms with Gasteiger partial charge in [-0.25, -0.2) is 0 Å². The van der Waals surface area contributed by atoms with Crippen molar-refractivity contribution in [3.8, 4) is 50.6 Å². The van der Waals surface area contributed by atoms with Crippen molar-refractivity contribution >= 4 is 22.0 Å². The topological polar surface area (TPSA) is 43.9 Å². The third-order valence-electron chi connectivity index (χ3n) is 8.83. The van der Waals surface area contributed by atoms with Gasteiger partial charge in [0.15, 0.2) is 0 Å². The van der Waals surface area contributed by atoms with Gasteiger partial charge in [-0.05, 0) is 47.3 Å². The van der Waals surface area contributed by atoms with Crippen molar-refractivity contribution in [3.05, 3.63) is 188 Å². The maximum Gasteiger partial charge on any atom is 0.0774 e. The van der Waals surface area contributed by atoms with Crippen LogP contribution in [0.25, 0.3) is 72.6 Å². The van der Waals surface area contributed by atoms with Gasteiger partial charge >= 0.3 is 0 Å². The quantitative estimate of drug-likeness (QED) is 0.150. The van der Waals surface area contributed by atoms with E-state index in [1.807, 2.05) is 98.8 Å². The molecule has 9 aromatic rings. The summed E-state index contributed by atoms with van der Waals surface area (Å²) in [4.78, 5) is 9.37. The zero-order valence-electron chi connectivity index (χ0n) is 31.3. The molecule has 6 aromatic carbocycles. The largest absolute Gasteiger partial charge is 0.557 e. The third-order valence-corrected chi connectivity index (χ3v) is 8.83. The summed E-state index contributed by atoms with van der Waals surface area (Å²) >= 11 is 0. The Morgan fingerprint density at radius 3 is 2.06 bits per heavy atom. The number of hydrogen-bond donors (Lipinski definition) is 0. The van der Waals surface area contributed by atoms with Crippen molar-refractivity contribution in [2.24, 2.45) is 5.92 Å². The predicted octanol–water partition coefficient (Wildman–Crippen LogP) is 12.3. The van der Waals surface area contributed by atoms with Crippen LogP contribution in [0, 0.1) is 18.2 Å². The summed E-state index contributed by atoms with van der Waals surface area (Å²) in [5.41, 5.74) is 11.2. The number of fused-ring (bicyclic) bond motifs is 2. The zero-order valence-corrected chi connectivity index (χ0v) is 31.7. The first-order valence-corrected chi connectivity index (χ1v) is 17.4. The van der Waals surface area contributed by atoms with Crippen LogP contribution < -0.4 is 0 Å². The van der Waals surface area contributed by atoms with E-state index in [-0.39, 0.29) is 26.0 Å². The van der Waals surface area contributed by atoms with Crippen molar-refractivity contribution in [1.29, 1.82) is 0 Å². The van der Waals surface area contributed by atoms with Crippen molar-refractivity contribution in [1.82, 2.24) is 14.5 Å². The van der Waals surface area contributed by atoms with Gasteiger partial charge in [-0.2, -0.15) is 0 Å². The normalized spacial score (nSPS) is 11.8. The second-order valence-electron chi connectivity index (χ2n) is 12.8. The van der Waals surface area contributed by atoms with Gasteiger partial charge in [0.05, 0.1) is 22.5 Å². The van der Waals surface area contributed by atoms with Crippen LogP contribution >= 0.6 is 0 Å². The number of imidazole rings is 1. The Balaban J connectivity index is 0.000000305. The fraction of sp³-hybridized carbons (Fsp3) is 0.0833. The molecule has 0 N–H and O–H groups in total. The van der Waals surface area contributed by atoms with Crippen LogP contribution in [0.1, 0.15) is 22.2 Å². The molecule has 3 aromatic heterocycles. The number of para-hydroxylation sites is 3. The molecule has 1 radical (unpaired) electrons. The number of benzene rings is 6. The molecule has 0 unspecified atom stereocenters. The molecule has 261 valence electrons. The second-order valence-corrected chi connectivity index (χ2v) is 12.8. The van der Waals surface area contributed by atoms with Crippen LogP contribution in [-0.2, 0) is 26.5 Å². The molecule has 0 bridgehead atoms. The van der Waals surface area contributed by atoms with E-state index < -0.39 is 6.37 Å². The Morgan fingerprint density at radius 2 is 1.40 bits per heavy atom. The van der Waals surface area contributed by atoms with E-state index in [0.717, 1.165) is 67.0 Å². The van der Waals surface area contributed by atoms with E-state index in [0.29, 0.717) is 11.1 Å². The number of aromatic nitrogens is 3. The van der Waals surface area contributed by atoms with Crippen LogP contribution in [0.3, 0.4) is 0 Å². The van der Waals surface area contributed by atoms with E-state index >= 15 is 0 Å². The third kappa shape index (κ3) is 7.54. The summed E-state index contributed by atoms with van der Waals surface area (Å²) in [5, 5.41) is 0.841. The molecule has 0 amide bonds. The summed E-state index contributed by atoms with van der Waals surface area (Å²) in [7, 11) is 0. The molecule has 0 spiro atoms. The average Bonchev–Trinajstić information content (AvgIpc) is 3.83. The number of hydrogen-bond acceptors (Lipinski definition) is 3. The van der Waals surface area contributed by atoms with Gasteiger partial charge in [-0.1, -0.05) is 146 Å². The molecule has 0 aliphatic carbocycles. The number of nitrogens with zero attached hydrogens (tertiary/aromatic N) is 3. The van der Waals surface area contributed by atoms with E-state index in [2.05, 4.69) is 94.7 Å². The smallest absolute Gasteiger partial charge is 0.0774 e. The fourth-order valence-corrected chi connectivity index (χ4v) is 6.54. The fourth-order valence-electron chi connectivity index (χ4n) is 6.54. The Kier molecular flexibility index (Phi) is 10.1. The standard InChI is InChI=1S/C37H29N2O.C11H8N.Ir/c1-25(2)22-26-20-21-31-32(24-40-35(31)23-26)37-38-33-18-9-10-19-34(33)39(37)36-29(27-12-5-3-6-13-27)16-11-17-30(36)28-14-7-4-8-15-28;1-2-6-10(7-3-1)11-8-4-5-9-12-11;/h3-21,23,25H,22H2,1-2H3;1-6,8-9H;/q2*-1;/i22D2;;. The molecule has 0 saturated carbocycles. The molecule has 4 nitrogen and oxygen atoms in total. The first kappa shape index (κ1) is 33.0. The number of furan rings is 1. The predicted molar refractivity (Wildman–Crippen MR) is 213 cm³/mol. The van der Waals surface area contributed by atoms with Crippen molar-refractivity contribution in [2.45, 2.75) is 20.2 Å². The Bertz CT molecular complexity index is 2560. The van der Waals surface area contributed by atoms with Gasteiger partial charge in [0.25, 0.3) is 0 Å². The van der Waals surface area contributed by atoms with Crippen LogP contribution in [0.5, 0.6) is 0 Å². The Hall–Kier alpha value is -5.87. The molecule has 0 aliphatic rings. The molecular formula is C48H37IrN3O-2. The molecule has 9 rings (SSSR count). The Morgan fingerprint density at radius 1 is 0.717 bits per heavy atom. The van der Waals surface area contributed by atoms with E-state index in [9.17, 15) is 0 Å². The molecule has 53 heavy (non-hydrogen) atoms. The first-order chi connectivity index (χ1) is 26.4. The molecule has 0 aliphatic heterocycles. The van der Waals surface area contributed by atoms with E-state index in [4.69, 9.17) is 12.1 Å². The molecule has 0 fully saturated rings. The molecule has 0 atom stereocenters. The summed E-state index contributed by atoms with van der Waals surface area (Å²) in [6.45, 7) is 3.78. The maximum atomic E-state index is 8.60. The SMILES string of the molecule is [2H]C([2H])(c1ccc2c(-c3nc4ccccc4n3-c3c(-c4ccccc4)cccc3-c3ccccc3)[c-]oc2c1)C(C)C.[Ir].[c-]1ccccc1-c1ccccn1. The van der Waals surface area contributed by atoms with Gasteiger partial charge in [0.2, 0.25) is 0 Å². The summed E-state index contributed by atoms with van der Waals surface area (Å²) < 4.78 is 25.4. The van der Waals surface area contributed by atoms with Crippen LogP contribution in [-0.4, -0.2) is 14.5 Å². The zero-order chi connectivity index (χ0) is 37.1. The first-order valence-electron chi connectivity index (χ1n) is 18.4. The summed E-state index contributed by atoms with van der Waals surface area (Å²) in [6, 6.07) is 57.9. The molecule has 5 heteroatoms. The average molecular weight is 866 g/mol. The van der Waals surface area contributed by atoms with Crippen molar-refractivity contribution in [2.75, 3.05) is 0 Å². The minimum atomic E-state index is -1.48. The van der Waals surface area contributed by atoms with Gasteiger partial charge in [-0.3, -0.25) is 4.98 Å². The Labute approximate surface area is 327 Å². The minimum Gasteiger partial charge on any atom is -0.557 e. The van der Waals surface area contributed by atoms with Crippen LogP contribution in [0.4, 0.5) is 0 Å². The van der Waals surface area contributed by atoms with Crippen LogP contribution in [0.2, 0.25) is 0 Å². The van der Waals surface area contributed by atoms with Gasteiger partial charge in [0, 0.05) is 52.0 Å². The summed E-state index contributed by atoms with van der Waals surface area (Å²) in [5.74, 6) is 0.540. The molecular weight excluding hydrogens is 827 g/mol. The van der Waals surface area contributed by atoms with Gasteiger partial charge in [-0.15, -0.1) is 42.0 Å². The number of rotatable bonds is 7. The monoisotopic (exact) mass is 866 g/mol. The summed E-state index contributed by atoms with van der Waals surface area (Å²) in [6.07, 6.45) is 3.46.